The van der Waals surface area contributed by atoms with Gasteiger partial charge in [0.1, 0.15) is 5.78 Å². The number of hydrogen-bond acceptors (Lipinski definition) is 3. The standard InChI is InChI=1S/C10H20N2O/c1-9-7-11(3)5-4-6-12(9)8-10(2)13/h9H,4-8H2,1-3H3. The Hall–Kier alpha value is -0.410. The fraction of sp³-hybridized carbons (Fsp3) is 0.900. The molecule has 0 aromatic carbocycles. The van der Waals surface area contributed by atoms with Gasteiger partial charge in [0.2, 0.25) is 0 Å². The third-order valence-corrected chi connectivity index (χ3v) is 2.61. The molecule has 1 rings (SSSR count). The summed E-state index contributed by atoms with van der Waals surface area (Å²) in [6.45, 7) is 7.78. The number of hydrogen-bond donors (Lipinski definition) is 0. The largest absolute Gasteiger partial charge is 0.305 e. The average Bonchev–Trinajstić information content (AvgIpc) is 2.13. The van der Waals surface area contributed by atoms with E-state index >= 15 is 0 Å². The van der Waals surface area contributed by atoms with Gasteiger partial charge in [-0.2, -0.15) is 0 Å². The molecule has 3 nitrogen and oxygen atoms in total. The molecule has 1 fully saturated rings. The lowest BCUT2D eigenvalue weighted by molar-refractivity contribution is -0.118. The van der Waals surface area contributed by atoms with Crippen molar-refractivity contribution in [3.63, 3.8) is 0 Å². The van der Waals surface area contributed by atoms with Crippen molar-refractivity contribution in [1.82, 2.24) is 9.80 Å². The number of nitrogens with zero attached hydrogens (tertiary/aromatic N) is 2. The molecule has 0 amide bonds. The molecule has 0 saturated carbocycles. The molecule has 0 aliphatic carbocycles. The molecule has 1 heterocycles. The quantitative estimate of drug-likeness (QED) is 0.628. The summed E-state index contributed by atoms with van der Waals surface area (Å²) in [6.07, 6.45) is 1.17. The number of rotatable bonds is 2. The van der Waals surface area contributed by atoms with Crippen LogP contribution in [0.1, 0.15) is 20.3 Å². The van der Waals surface area contributed by atoms with Crippen molar-refractivity contribution in [2.24, 2.45) is 0 Å². The SMILES string of the molecule is CC(=O)CN1CCCN(C)CC1C. The van der Waals surface area contributed by atoms with E-state index in [9.17, 15) is 4.79 Å². The molecule has 0 bridgehead atoms. The van der Waals surface area contributed by atoms with Gasteiger partial charge in [-0.1, -0.05) is 0 Å². The lowest BCUT2D eigenvalue weighted by atomic mass is 10.2. The predicted octanol–water partition coefficient (Wildman–Crippen LogP) is 0.601. The fourth-order valence-corrected chi connectivity index (χ4v) is 1.94. The van der Waals surface area contributed by atoms with Crippen molar-refractivity contribution < 1.29 is 4.79 Å². The first kappa shape index (κ1) is 10.7. The third-order valence-electron chi connectivity index (χ3n) is 2.61. The molecule has 76 valence electrons. The van der Waals surface area contributed by atoms with Crippen LogP contribution in [0.25, 0.3) is 0 Å². The molecule has 0 N–H and O–H groups in total. The molecule has 1 unspecified atom stereocenters. The molecule has 13 heavy (non-hydrogen) atoms. The molecule has 0 aromatic rings. The van der Waals surface area contributed by atoms with Gasteiger partial charge in [0, 0.05) is 19.1 Å². The summed E-state index contributed by atoms with van der Waals surface area (Å²) in [5.41, 5.74) is 0. The van der Waals surface area contributed by atoms with Crippen LogP contribution in [0.3, 0.4) is 0 Å². The minimum absolute atomic E-state index is 0.274. The highest BCUT2D eigenvalue weighted by molar-refractivity contribution is 5.77. The maximum atomic E-state index is 11.0. The van der Waals surface area contributed by atoms with Crippen LogP contribution in [-0.2, 0) is 4.79 Å². The highest BCUT2D eigenvalue weighted by Crippen LogP contribution is 2.07. The monoisotopic (exact) mass is 184 g/mol. The van der Waals surface area contributed by atoms with E-state index in [-0.39, 0.29) is 5.78 Å². The summed E-state index contributed by atoms with van der Waals surface area (Å²) in [5.74, 6) is 0.274. The van der Waals surface area contributed by atoms with E-state index in [1.165, 1.54) is 6.42 Å². The number of Topliss-reactive ketones (excluding diaryl/α,β-unsaturated/α-hetero) is 1. The molecule has 3 heteroatoms. The average molecular weight is 184 g/mol. The van der Waals surface area contributed by atoms with Crippen LogP contribution in [0.4, 0.5) is 0 Å². The molecule has 0 radical (unpaired) electrons. The van der Waals surface area contributed by atoms with E-state index in [4.69, 9.17) is 0 Å². The number of ketones is 1. The number of likely N-dealkylation sites (N-methyl/N-ethyl adjacent to an activating group) is 1. The van der Waals surface area contributed by atoms with Gasteiger partial charge in [0.25, 0.3) is 0 Å². The Morgan fingerprint density at radius 1 is 1.46 bits per heavy atom. The minimum Gasteiger partial charge on any atom is -0.305 e. The van der Waals surface area contributed by atoms with Crippen LogP contribution in [0.15, 0.2) is 0 Å². The van der Waals surface area contributed by atoms with Crippen molar-refractivity contribution in [3.05, 3.63) is 0 Å². The number of carbonyl (C=O) groups is 1. The van der Waals surface area contributed by atoms with Crippen LogP contribution >= 0.6 is 0 Å². The molecule has 1 saturated heterocycles. The minimum atomic E-state index is 0.274. The zero-order valence-corrected chi connectivity index (χ0v) is 8.92. The molecule has 1 atom stereocenters. The van der Waals surface area contributed by atoms with Crippen LogP contribution in [0.5, 0.6) is 0 Å². The first-order valence-corrected chi connectivity index (χ1v) is 5.01. The topological polar surface area (TPSA) is 23.6 Å². The Kier molecular flexibility index (Phi) is 3.88. The molecule has 1 aliphatic heterocycles. The summed E-state index contributed by atoms with van der Waals surface area (Å²) >= 11 is 0. The first-order valence-electron chi connectivity index (χ1n) is 5.01. The van der Waals surface area contributed by atoms with Gasteiger partial charge < -0.3 is 4.90 Å². The summed E-state index contributed by atoms with van der Waals surface area (Å²) in [5, 5.41) is 0. The van der Waals surface area contributed by atoms with Crippen molar-refractivity contribution in [1.29, 1.82) is 0 Å². The van der Waals surface area contributed by atoms with Crippen LogP contribution < -0.4 is 0 Å². The summed E-state index contributed by atoms with van der Waals surface area (Å²) in [7, 11) is 2.15. The summed E-state index contributed by atoms with van der Waals surface area (Å²) in [6, 6.07) is 0.511. The predicted molar refractivity (Wildman–Crippen MR) is 53.8 cm³/mol. The lowest BCUT2D eigenvalue weighted by Gasteiger charge is -2.26. The Bertz CT molecular complexity index is 182. The maximum Gasteiger partial charge on any atom is 0.143 e. The second-order valence-corrected chi connectivity index (χ2v) is 4.14. The smallest absolute Gasteiger partial charge is 0.143 e. The van der Waals surface area contributed by atoms with Crippen LogP contribution in [0, 0.1) is 0 Å². The van der Waals surface area contributed by atoms with E-state index in [1.807, 2.05) is 0 Å². The third kappa shape index (κ3) is 3.44. The Morgan fingerprint density at radius 3 is 2.77 bits per heavy atom. The highest BCUT2D eigenvalue weighted by Gasteiger charge is 2.19. The molecule has 0 aromatic heterocycles. The van der Waals surface area contributed by atoms with E-state index < -0.39 is 0 Å². The van der Waals surface area contributed by atoms with Gasteiger partial charge in [0.15, 0.2) is 0 Å². The first-order chi connectivity index (χ1) is 6.09. The Morgan fingerprint density at radius 2 is 2.15 bits per heavy atom. The van der Waals surface area contributed by atoms with Gasteiger partial charge in [0.05, 0.1) is 6.54 Å². The summed E-state index contributed by atoms with van der Waals surface area (Å²) in [4.78, 5) is 15.6. The fourth-order valence-electron chi connectivity index (χ4n) is 1.94. The van der Waals surface area contributed by atoms with Gasteiger partial charge in [-0.25, -0.2) is 0 Å². The number of carbonyl (C=O) groups excluding carboxylic acids is 1. The zero-order chi connectivity index (χ0) is 9.84. The normalized spacial score (nSPS) is 27.2. The summed E-state index contributed by atoms with van der Waals surface area (Å²) < 4.78 is 0. The molecular formula is C10H20N2O. The second kappa shape index (κ2) is 4.72. The van der Waals surface area contributed by atoms with Crippen molar-refractivity contribution in [2.45, 2.75) is 26.3 Å². The van der Waals surface area contributed by atoms with Gasteiger partial charge in [-0.3, -0.25) is 9.69 Å². The van der Waals surface area contributed by atoms with Gasteiger partial charge in [-0.15, -0.1) is 0 Å². The van der Waals surface area contributed by atoms with E-state index in [0.29, 0.717) is 12.6 Å². The maximum absolute atomic E-state index is 11.0. The molecule has 0 spiro atoms. The lowest BCUT2D eigenvalue weighted by Crippen LogP contribution is -2.40. The zero-order valence-electron chi connectivity index (χ0n) is 8.92. The van der Waals surface area contributed by atoms with Crippen molar-refractivity contribution >= 4 is 5.78 Å². The molecule has 1 aliphatic rings. The highest BCUT2D eigenvalue weighted by atomic mass is 16.1. The van der Waals surface area contributed by atoms with Crippen molar-refractivity contribution in [3.8, 4) is 0 Å². The Labute approximate surface area is 80.7 Å². The van der Waals surface area contributed by atoms with Gasteiger partial charge in [-0.05, 0) is 33.9 Å². The van der Waals surface area contributed by atoms with Crippen molar-refractivity contribution in [2.75, 3.05) is 33.2 Å². The Balaban J connectivity index is 2.48. The van der Waals surface area contributed by atoms with E-state index in [1.54, 1.807) is 6.92 Å². The van der Waals surface area contributed by atoms with Crippen LogP contribution in [-0.4, -0.2) is 54.9 Å². The second-order valence-electron chi connectivity index (χ2n) is 4.14. The van der Waals surface area contributed by atoms with E-state index in [2.05, 4.69) is 23.8 Å². The molecular weight excluding hydrogens is 164 g/mol. The van der Waals surface area contributed by atoms with E-state index in [0.717, 1.165) is 19.6 Å². The van der Waals surface area contributed by atoms with Gasteiger partial charge >= 0.3 is 0 Å². The van der Waals surface area contributed by atoms with Crippen LogP contribution in [0.2, 0.25) is 0 Å².